The lowest BCUT2D eigenvalue weighted by molar-refractivity contribution is -0.136. The lowest BCUT2D eigenvalue weighted by Gasteiger charge is -2.28. The van der Waals surface area contributed by atoms with E-state index in [9.17, 15) is 96.5 Å². The smallest absolute Gasteiger partial charge is 0.243 e. The van der Waals surface area contributed by atoms with E-state index in [4.69, 9.17) is 34.4 Å². The molecule has 0 aliphatic carbocycles. The van der Waals surface area contributed by atoms with Gasteiger partial charge in [-0.25, -0.2) is 0 Å². The predicted octanol–water partition coefficient (Wildman–Crippen LogP) is 1.39. The molecule has 0 aromatic carbocycles. The van der Waals surface area contributed by atoms with Crippen LogP contribution in [0, 0.1) is 53.3 Å². The summed E-state index contributed by atoms with van der Waals surface area (Å²) in [5.74, 6) is -13.6. The molecule has 2 fully saturated rings. The third-order valence-corrected chi connectivity index (χ3v) is 24.7. The summed E-state index contributed by atoms with van der Waals surface area (Å²) in [5.41, 5.74) is 35.4. The summed E-state index contributed by atoms with van der Waals surface area (Å²) in [6.07, 6.45) is 8.32. The van der Waals surface area contributed by atoms with Gasteiger partial charge in [-0.3, -0.25) is 86.3 Å². The Bertz CT molecular complexity index is 3880. The number of amides is 16. The first-order valence-corrected chi connectivity index (χ1v) is 53.0. The molecule has 0 radical (unpaired) electrons. The maximum atomic E-state index is 14.3. The predicted molar refractivity (Wildman–Crippen MR) is 550 cm³/mol. The molecule has 0 unspecified atom stereocenters. The molecule has 2 heterocycles. The number of aliphatic hydroxyl groups excluding tert-OH is 2. The lowest BCUT2D eigenvalue weighted by Crippen LogP contribution is -2.59. The number of nitrogens with two attached hydrogens (primary N) is 6. The van der Waals surface area contributed by atoms with Crippen molar-refractivity contribution in [3.8, 4) is 0 Å². The van der Waals surface area contributed by atoms with Gasteiger partial charge in [0.15, 0.2) is 11.6 Å². The highest BCUT2D eigenvalue weighted by atomic mass is 16.3. The van der Waals surface area contributed by atoms with Gasteiger partial charge in [0.1, 0.15) is 72.5 Å². The Morgan fingerprint density at radius 3 is 0.846 bits per heavy atom. The number of rotatable bonds is 50. The molecular formula is C101H188N22O20. The zero-order valence-corrected chi connectivity index (χ0v) is 89.1. The van der Waals surface area contributed by atoms with Crippen LogP contribution in [0.1, 0.15) is 330 Å². The van der Waals surface area contributed by atoms with E-state index in [0.717, 1.165) is 57.8 Å². The summed E-state index contributed by atoms with van der Waals surface area (Å²) in [6, 6.07) is -16.8. The van der Waals surface area contributed by atoms with Crippen molar-refractivity contribution in [2.45, 2.75) is 426 Å². The van der Waals surface area contributed by atoms with E-state index in [0.29, 0.717) is 31.6 Å². The molecule has 2 rings (SSSR count). The van der Waals surface area contributed by atoms with Crippen LogP contribution in [0.25, 0.3) is 0 Å². The molecule has 42 nitrogen and oxygen atoms in total. The molecule has 18 atom stereocenters. The zero-order valence-electron chi connectivity index (χ0n) is 89.1. The zero-order chi connectivity index (χ0) is 108. The van der Waals surface area contributed by atoms with E-state index in [-0.39, 0.29) is 216 Å². The molecule has 0 spiro atoms. The first-order chi connectivity index (χ1) is 67.5. The van der Waals surface area contributed by atoms with Gasteiger partial charge in [-0.1, -0.05) is 188 Å². The summed E-state index contributed by atoms with van der Waals surface area (Å²) in [7, 11) is 0. The van der Waals surface area contributed by atoms with Crippen LogP contribution in [0.15, 0.2) is 0 Å². The van der Waals surface area contributed by atoms with Crippen molar-refractivity contribution in [2.75, 3.05) is 52.4 Å². The Hall–Kier alpha value is -9.46. The standard InChI is InChI=1S/C51H95N11O10.C50H93N11O10/c1-10-14-36-47(68)62-42(27-33(8)9)46(67)55-24-20-40(60-48(69)37(17-21-52)56-44(65)29-35(63)16-13-11-12-15-30(2)3)51(72)59-39(19-23-54)50(71)61-41(26-32(6)7)43(64)28-34(25-31(4)5)45(66)57-38(18-22-53)49(70)58-36;1-9-11-12-13-14-16-34(62)29-43(64)55-36(17-21-51)47(68)59-39-20-24-54-45(66)41(27-32(7)8)61-46(67)35(15-10-2)57-48(69)37(18-22-52)56-44(65)33(25-30(3)4)28-42(63)40(26-31(5)6)60-49(70)38(19-23-53)58-50(39)71/h30-42,63H,10-29,52-54H2,1-9H3,(H,55,67)(H,56,65)(H,57,66)(H,58,70)(H,59,72)(H,60,69)(H,61,71)(H,62,68);30-41,62H,9-29,51-53H2,1-8H3,(H,54,66)(H,55,64)(H,56,65)(H,57,69)(H,58,71)(H,59,68)(H,60,70)(H,61,67)/t34-,35-,36+,37-,38+,39+,40+,41-,42+;33-,34-,35+,36-,37+,38+,39+,40-,41+/m11/s1. The molecule has 0 saturated carbocycles. The number of Topliss-reactive ketones (excluding diaryl/α,β-unsaturated/α-hetero) is 2. The van der Waals surface area contributed by atoms with E-state index in [1.54, 1.807) is 0 Å². The minimum Gasteiger partial charge on any atom is -0.393 e. The van der Waals surface area contributed by atoms with Gasteiger partial charge < -0.3 is 130 Å². The van der Waals surface area contributed by atoms with Crippen molar-refractivity contribution < 1.29 is 96.5 Å². The molecule has 2 aliphatic rings. The van der Waals surface area contributed by atoms with Crippen molar-refractivity contribution in [1.29, 1.82) is 0 Å². The number of carbonyl (C=O) groups excluding carboxylic acids is 18. The van der Waals surface area contributed by atoms with Crippen molar-refractivity contribution in [3.63, 3.8) is 0 Å². The molecule has 0 bridgehead atoms. The van der Waals surface area contributed by atoms with Crippen LogP contribution in [0.5, 0.6) is 0 Å². The molecule has 143 heavy (non-hydrogen) atoms. The van der Waals surface area contributed by atoms with Crippen LogP contribution in [-0.4, -0.2) is 265 Å². The van der Waals surface area contributed by atoms with Crippen molar-refractivity contribution in [3.05, 3.63) is 0 Å². The fourth-order valence-corrected chi connectivity index (χ4v) is 17.1. The number of unbranched alkanes of at least 4 members (excludes halogenated alkanes) is 6. The van der Waals surface area contributed by atoms with Crippen LogP contribution in [0.4, 0.5) is 0 Å². The third kappa shape index (κ3) is 55.6. The van der Waals surface area contributed by atoms with Gasteiger partial charge >= 0.3 is 0 Å². The van der Waals surface area contributed by atoms with Crippen LogP contribution in [0.3, 0.4) is 0 Å². The minimum atomic E-state index is -1.42. The Labute approximate surface area is 850 Å². The van der Waals surface area contributed by atoms with Gasteiger partial charge in [-0.05, 0) is 196 Å². The van der Waals surface area contributed by atoms with Crippen molar-refractivity contribution in [2.24, 2.45) is 87.7 Å². The summed E-state index contributed by atoms with van der Waals surface area (Å²) < 4.78 is 0. The number of hydrogen-bond donors (Lipinski definition) is 24. The van der Waals surface area contributed by atoms with E-state index in [2.05, 4.69) is 106 Å². The molecule has 822 valence electrons. The van der Waals surface area contributed by atoms with Gasteiger partial charge in [0, 0.05) is 37.8 Å². The summed E-state index contributed by atoms with van der Waals surface area (Å²) in [4.78, 5) is 251. The molecule has 0 aromatic rings. The molecular weight excluding hydrogens is 1840 g/mol. The van der Waals surface area contributed by atoms with Gasteiger partial charge in [-0.15, -0.1) is 0 Å². The number of aliphatic hydroxyl groups is 2. The maximum Gasteiger partial charge on any atom is 0.243 e. The van der Waals surface area contributed by atoms with Gasteiger partial charge in [0.25, 0.3) is 0 Å². The molecule has 0 aromatic heterocycles. The second-order valence-corrected chi connectivity index (χ2v) is 41.6. The Morgan fingerprint density at radius 2 is 0.559 bits per heavy atom. The number of hydrogen-bond acceptors (Lipinski definition) is 26. The fourth-order valence-electron chi connectivity index (χ4n) is 17.1. The normalized spacial score (nSPS) is 23.7. The molecule has 2 aliphatic heterocycles. The lowest BCUT2D eigenvalue weighted by atomic mass is 9.87. The molecule has 42 heteroatoms. The van der Waals surface area contributed by atoms with E-state index in [1.807, 2.05) is 96.9 Å². The quantitative estimate of drug-likeness (QED) is 0.0383. The summed E-state index contributed by atoms with van der Waals surface area (Å²) in [6.45, 7) is 31.8. The fraction of sp³-hybridized carbons (Fsp3) is 0.822. The first kappa shape index (κ1) is 132. The van der Waals surface area contributed by atoms with Crippen LogP contribution >= 0.6 is 0 Å². The Morgan fingerprint density at radius 1 is 0.294 bits per heavy atom. The van der Waals surface area contributed by atoms with Gasteiger partial charge in [-0.2, -0.15) is 0 Å². The maximum absolute atomic E-state index is 14.3. The van der Waals surface area contributed by atoms with Crippen molar-refractivity contribution >= 4 is 106 Å². The number of ketones is 2. The highest BCUT2D eigenvalue weighted by molar-refractivity contribution is 6.01. The largest absolute Gasteiger partial charge is 0.393 e. The van der Waals surface area contributed by atoms with Gasteiger partial charge in [0.2, 0.25) is 94.5 Å². The summed E-state index contributed by atoms with van der Waals surface area (Å²) in [5, 5.41) is 64.7. The Kier molecular flexibility index (Phi) is 67.7. The van der Waals surface area contributed by atoms with E-state index < -0.39 is 215 Å². The average Bonchev–Trinajstić information content (AvgIpc) is 1.55. The number of nitrogens with one attached hydrogen (secondary N) is 16. The number of carbonyl (C=O) groups is 18. The highest BCUT2D eigenvalue weighted by Gasteiger charge is 2.41. The second kappa shape index (κ2) is 73.6. The third-order valence-electron chi connectivity index (χ3n) is 24.7. The van der Waals surface area contributed by atoms with Crippen molar-refractivity contribution in [1.82, 2.24) is 85.1 Å². The molecule has 16 amide bonds. The SMILES string of the molecule is CCCCCCC[C@@H](O)CC(=O)N[C@H](CCN)C(=O)N[C@H]1CCNC(=O)[C@H](CC(C)C)NC(=O)[C@H](CCC)NC(=O)[C@H](CCN)NC(=O)[C@H](CC(C)C)CC(=O)[C@@H](CC(C)C)NC(=O)[C@H](CCN)NC1=O.CCC[C@@H]1NC(=O)[C@H](CCN)NC(=O)[C@H](CC(C)C)CC(=O)[C@@H](CC(C)C)NC(=O)[C@H](CCN)NC(=O)[C@@H](NC(=O)[C@@H](CCN)NC(=O)C[C@H](O)CCCCCC(C)C)CCNC(=O)[C@H](CC(C)C)NC1=O. The summed E-state index contributed by atoms with van der Waals surface area (Å²) >= 11 is 0. The first-order valence-electron chi connectivity index (χ1n) is 53.0. The van der Waals surface area contributed by atoms with Gasteiger partial charge in [0.05, 0.1) is 37.1 Å². The monoisotopic (exact) mass is 2030 g/mol. The average molecular weight is 2030 g/mol. The molecule has 2 saturated heterocycles. The van der Waals surface area contributed by atoms with E-state index in [1.165, 1.54) is 0 Å². The van der Waals surface area contributed by atoms with Crippen LogP contribution < -0.4 is 119 Å². The van der Waals surface area contributed by atoms with Crippen LogP contribution in [0.2, 0.25) is 0 Å². The van der Waals surface area contributed by atoms with Crippen LogP contribution in [-0.2, 0) is 86.3 Å². The minimum absolute atomic E-state index is 0.00968. The highest BCUT2D eigenvalue weighted by Crippen LogP contribution is 2.25. The van der Waals surface area contributed by atoms with E-state index >= 15 is 0 Å². The molecule has 30 N–H and O–H groups in total. The second-order valence-electron chi connectivity index (χ2n) is 41.6. The topological polar surface area (TPSA) is 696 Å². The Balaban J connectivity index is 0.00000143.